The summed E-state index contributed by atoms with van der Waals surface area (Å²) in [6, 6.07) is 16.5. The molecule has 2 aromatic carbocycles. The molecule has 0 saturated carbocycles. The lowest BCUT2D eigenvalue weighted by atomic mass is 9.57. The highest BCUT2D eigenvalue weighted by Crippen LogP contribution is 2.50. The Hall–Kier alpha value is -3.79. The van der Waals surface area contributed by atoms with E-state index in [1.807, 2.05) is 50.2 Å². The van der Waals surface area contributed by atoms with Crippen LogP contribution in [0.1, 0.15) is 37.1 Å². The molecular formula is C28H22F3N3O. The molecule has 0 spiro atoms. The minimum Gasteiger partial charge on any atom is -0.293 e. The number of hydrogen-bond acceptors (Lipinski definition) is 4. The number of hydrogen-bond donors (Lipinski definition) is 0. The largest absolute Gasteiger partial charge is 0.416 e. The highest BCUT2D eigenvalue weighted by molar-refractivity contribution is 6.02. The summed E-state index contributed by atoms with van der Waals surface area (Å²) < 4.78 is 39.3. The van der Waals surface area contributed by atoms with Crippen LogP contribution >= 0.6 is 0 Å². The molecule has 0 N–H and O–H groups in total. The molecule has 176 valence electrons. The van der Waals surface area contributed by atoms with Crippen molar-refractivity contribution in [2.45, 2.75) is 38.3 Å². The molecule has 0 radical (unpaired) electrons. The van der Waals surface area contributed by atoms with E-state index in [1.54, 1.807) is 6.08 Å². The van der Waals surface area contributed by atoms with Gasteiger partial charge in [-0.25, -0.2) is 9.97 Å². The van der Waals surface area contributed by atoms with Gasteiger partial charge in [0.25, 0.3) is 0 Å². The second kappa shape index (κ2) is 8.16. The molecule has 5 rings (SSSR count). The van der Waals surface area contributed by atoms with Crippen molar-refractivity contribution in [2.75, 3.05) is 0 Å². The molecule has 0 aliphatic heterocycles. The Morgan fingerprint density at radius 2 is 1.71 bits per heavy atom. The molecule has 0 amide bonds. The maximum Gasteiger partial charge on any atom is 0.416 e. The lowest BCUT2D eigenvalue weighted by Gasteiger charge is -2.45. The van der Waals surface area contributed by atoms with Crippen LogP contribution in [0.3, 0.4) is 0 Å². The highest BCUT2D eigenvalue weighted by atomic mass is 19.4. The van der Waals surface area contributed by atoms with Gasteiger partial charge in [0.15, 0.2) is 11.6 Å². The molecular weight excluding hydrogens is 451 g/mol. The van der Waals surface area contributed by atoms with E-state index in [9.17, 15) is 23.2 Å². The number of halogens is 3. The highest BCUT2D eigenvalue weighted by Gasteiger charge is 2.49. The summed E-state index contributed by atoms with van der Waals surface area (Å²) in [7, 11) is 0. The van der Waals surface area contributed by atoms with E-state index in [0.717, 1.165) is 41.1 Å². The van der Waals surface area contributed by atoms with Gasteiger partial charge < -0.3 is 0 Å². The molecule has 3 atom stereocenters. The zero-order valence-corrected chi connectivity index (χ0v) is 19.2. The summed E-state index contributed by atoms with van der Waals surface area (Å²) in [5.74, 6) is -0.218. The van der Waals surface area contributed by atoms with Gasteiger partial charge >= 0.3 is 6.18 Å². The first-order valence-corrected chi connectivity index (χ1v) is 11.4. The van der Waals surface area contributed by atoms with Gasteiger partial charge in [0.2, 0.25) is 0 Å². The molecule has 7 heteroatoms. The normalized spacial score (nSPS) is 23.7. The molecule has 4 nitrogen and oxygen atoms in total. The lowest BCUT2D eigenvalue weighted by molar-refractivity contribution is -0.137. The maximum atomic E-state index is 13.1. The average molecular weight is 473 g/mol. The molecule has 0 bridgehead atoms. The van der Waals surface area contributed by atoms with Crippen LogP contribution in [0, 0.1) is 23.2 Å². The number of nitrogens with zero attached hydrogens (tertiary/aromatic N) is 3. The van der Waals surface area contributed by atoms with Gasteiger partial charge in [0.05, 0.1) is 22.5 Å². The van der Waals surface area contributed by atoms with Crippen molar-refractivity contribution in [2.24, 2.45) is 11.8 Å². The monoisotopic (exact) mass is 473 g/mol. The number of rotatable bonds is 2. The SMILES string of the molecule is C[C@H]1C(=O)C(C#N)=C[C@@]2(C)c3nc(-c4ccc(C(F)(F)F)cc4)nc(-c4ccccc4)c3CC[C@H]12. The molecule has 1 heterocycles. The fraction of sp³-hybridized carbons (Fsp3) is 0.286. The number of carbonyl (C=O) groups is 1. The first-order chi connectivity index (χ1) is 16.6. The van der Waals surface area contributed by atoms with Gasteiger partial charge in [-0.2, -0.15) is 18.4 Å². The summed E-state index contributed by atoms with van der Waals surface area (Å²) in [4.78, 5) is 22.4. The number of carbonyl (C=O) groups excluding carboxylic acids is 1. The van der Waals surface area contributed by atoms with Crippen LogP contribution < -0.4 is 0 Å². The van der Waals surface area contributed by atoms with E-state index < -0.39 is 17.2 Å². The Labute approximate surface area is 201 Å². The first kappa shape index (κ1) is 23.0. The third kappa shape index (κ3) is 3.74. The quantitative estimate of drug-likeness (QED) is 0.437. The molecule has 35 heavy (non-hydrogen) atoms. The van der Waals surface area contributed by atoms with Gasteiger partial charge in [0, 0.05) is 28.0 Å². The first-order valence-electron chi connectivity index (χ1n) is 11.4. The van der Waals surface area contributed by atoms with Gasteiger partial charge in [0.1, 0.15) is 6.07 Å². The molecule has 1 aromatic heterocycles. The third-order valence-corrected chi connectivity index (χ3v) is 7.36. The Balaban J connectivity index is 1.76. The second-order valence-corrected chi connectivity index (χ2v) is 9.41. The molecule has 0 unspecified atom stereocenters. The van der Waals surface area contributed by atoms with Crippen molar-refractivity contribution in [1.82, 2.24) is 9.97 Å². The van der Waals surface area contributed by atoms with Crippen LogP contribution in [-0.4, -0.2) is 15.8 Å². The zero-order chi connectivity index (χ0) is 25.0. The third-order valence-electron chi connectivity index (χ3n) is 7.36. The molecule has 3 aromatic rings. The maximum absolute atomic E-state index is 13.1. The Bertz CT molecular complexity index is 1390. The second-order valence-electron chi connectivity index (χ2n) is 9.41. The van der Waals surface area contributed by atoms with Crippen molar-refractivity contribution >= 4 is 5.78 Å². The smallest absolute Gasteiger partial charge is 0.293 e. The van der Waals surface area contributed by atoms with Crippen molar-refractivity contribution in [3.63, 3.8) is 0 Å². The van der Waals surface area contributed by atoms with Crippen molar-refractivity contribution in [1.29, 1.82) is 5.26 Å². The fourth-order valence-electron chi connectivity index (χ4n) is 5.54. The van der Waals surface area contributed by atoms with E-state index in [1.165, 1.54) is 12.1 Å². The Morgan fingerprint density at radius 1 is 1.03 bits per heavy atom. The van der Waals surface area contributed by atoms with Crippen LogP contribution in [0.25, 0.3) is 22.6 Å². The van der Waals surface area contributed by atoms with Gasteiger partial charge in [-0.3, -0.25) is 4.79 Å². The van der Waals surface area contributed by atoms with Crippen LogP contribution in [0.2, 0.25) is 0 Å². The van der Waals surface area contributed by atoms with Crippen molar-refractivity contribution in [3.05, 3.63) is 83.1 Å². The van der Waals surface area contributed by atoms with E-state index >= 15 is 0 Å². The number of alkyl halides is 3. The van der Waals surface area contributed by atoms with Gasteiger partial charge in [-0.1, -0.05) is 62.4 Å². The lowest BCUT2D eigenvalue weighted by Crippen LogP contribution is -2.46. The predicted molar refractivity (Wildman–Crippen MR) is 125 cm³/mol. The Morgan fingerprint density at radius 3 is 2.34 bits per heavy atom. The predicted octanol–water partition coefficient (Wildman–Crippen LogP) is 6.32. The van der Waals surface area contributed by atoms with Crippen molar-refractivity contribution < 1.29 is 18.0 Å². The van der Waals surface area contributed by atoms with E-state index in [0.29, 0.717) is 17.8 Å². The van der Waals surface area contributed by atoms with Gasteiger partial charge in [-0.15, -0.1) is 0 Å². The molecule has 0 saturated heterocycles. The topological polar surface area (TPSA) is 66.6 Å². The number of fused-ring (bicyclic) bond motifs is 3. The van der Waals surface area contributed by atoms with Crippen LogP contribution in [0.4, 0.5) is 13.2 Å². The number of allylic oxidation sites excluding steroid dienone is 2. The Kier molecular flexibility index (Phi) is 5.36. The average Bonchev–Trinajstić information content (AvgIpc) is 2.86. The molecule has 2 aliphatic rings. The number of aromatic nitrogens is 2. The molecule has 0 fully saturated rings. The summed E-state index contributed by atoms with van der Waals surface area (Å²) in [5.41, 5.74) is 2.45. The summed E-state index contributed by atoms with van der Waals surface area (Å²) >= 11 is 0. The summed E-state index contributed by atoms with van der Waals surface area (Å²) in [6.07, 6.45) is -1.29. The fourth-order valence-corrected chi connectivity index (χ4v) is 5.54. The number of benzene rings is 2. The standard InChI is InChI=1S/C28H22F3N3O/c1-16-22-13-12-21-23(17-6-4-3-5-7-17)33-26(18-8-10-20(11-9-18)28(29,30)31)34-25(21)27(22,2)14-19(15-32)24(16)35/h3-11,14,16,22H,12-13H2,1-2H3/t16-,22-,27-/m1/s1. The zero-order valence-electron chi connectivity index (χ0n) is 19.2. The van der Waals surface area contributed by atoms with E-state index in [-0.39, 0.29) is 23.2 Å². The van der Waals surface area contributed by atoms with E-state index in [2.05, 4.69) is 0 Å². The number of ketones is 1. The number of Topliss-reactive ketones (excluding diaryl/α,β-unsaturated/α-hetero) is 1. The minimum atomic E-state index is -4.44. The van der Waals surface area contributed by atoms with Crippen molar-refractivity contribution in [3.8, 4) is 28.7 Å². The summed E-state index contributed by atoms with van der Waals surface area (Å²) in [6.45, 7) is 3.85. The molecule has 2 aliphatic carbocycles. The van der Waals surface area contributed by atoms with Crippen LogP contribution in [-0.2, 0) is 22.8 Å². The summed E-state index contributed by atoms with van der Waals surface area (Å²) in [5, 5.41) is 9.63. The van der Waals surface area contributed by atoms with Gasteiger partial charge in [-0.05, 0) is 30.9 Å². The van der Waals surface area contributed by atoms with Crippen LogP contribution in [0.15, 0.2) is 66.2 Å². The minimum absolute atomic E-state index is 0.0430. The van der Waals surface area contributed by atoms with Crippen LogP contribution in [0.5, 0.6) is 0 Å². The van der Waals surface area contributed by atoms with E-state index in [4.69, 9.17) is 9.97 Å². The number of nitriles is 1.